The van der Waals surface area contributed by atoms with Crippen LogP contribution in [0.5, 0.6) is 0 Å². The topological polar surface area (TPSA) is 115 Å². The predicted molar refractivity (Wildman–Crippen MR) is 132 cm³/mol. The van der Waals surface area contributed by atoms with Crippen molar-refractivity contribution < 1.29 is 23.9 Å². The van der Waals surface area contributed by atoms with Crippen LogP contribution in [0.1, 0.15) is 59.2 Å². The fraction of sp³-hybridized carbons (Fsp3) is 0.600. The molecule has 9 nitrogen and oxygen atoms in total. The highest BCUT2D eigenvalue weighted by molar-refractivity contribution is 5.98. The summed E-state index contributed by atoms with van der Waals surface area (Å²) < 4.78 is 20.5. The average molecular weight is 493 g/mol. The van der Waals surface area contributed by atoms with E-state index in [0.717, 1.165) is 0 Å². The van der Waals surface area contributed by atoms with Crippen LogP contribution in [0.15, 0.2) is 39.5 Å². The third kappa shape index (κ3) is 8.02. The third-order valence-electron chi connectivity index (χ3n) is 5.33. The number of allylic oxidation sites excluding steroid dienone is 2. The third-order valence-corrected chi connectivity index (χ3v) is 5.33. The second kappa shape index (κ2) is 12.6. The summed E-state index contributed by atoms with van der Waals surface area (Å²) in [4.78, 5) is 30.6. The van der Waals surface area contributed by atoms with Gasteiger partial charge in [0.1, 0.15) is 18.0 Å². The number of rotatable bonds is 11. The Morgan fingerprint density at radius 1 is 1.34 bits per heavy atom. The van der Waals surface area contributed by atoms with E-state index in [1.54, 1.807) is 39.8 Å². The maximum atomic E-state index is 14.0. The number of nitrogens with one attached hydrogen (secondary N) is 1. The number of aliphatic hydroxyl groups excluding tert-OH is 1. The highest BCUT2D eigenvalue weighted by Gasteiger charge is 2.24. The monoisotopic (exact) mass is 492 g/mol. The van der Waals surface area contributed by atoms with E-state index in [1.807, 2.05) is 13.8 Å². The number of ether oxygens (including phenoxy) is 1. The summed E-state index contributed by atoms with van der Waals surface area (Å²) in [7, 11) is 1.46. The number of aromatic nitrogens is 2. The van der Waals surface area contributed by atoms with Crippen molar-refractivity contribution in [3.8, 4) is 0 Å². The SMILES string of the molecule is COC1=CCC(F)C=C1C(O)Cc1cc(/C(C)=N/OC(C)C)c(=O)n(C[C@H](C)NC(=O)C(C)C)n1. The molecule has 0 saturated carbocycles. The van der Waals surface area contributed by atoms with Crippen LogP contribution in [0.3, 0.4) is 0 Å². The maximum absolute atomic E-state index is 14.0. The Morgan fingerprint density at radius 3 is 2.63 bits per heavy atom. The van der Waals surface area contributed by atoms with Crippen molar-refractivity contribution in [2.24, 2.45) is 11.1 Å². The molecule has 2 unspecified atom stereocenters. The molecule has 1 aromatic rings. The zero-order chi connectivity index (χ0) is 26.3. The van der Waals surface area contributed by atoms with Gasteiger partial charge in [-0.05, 0) is 45.9 Å². The first-order valence-electron chi connectivity index (χ1n) is 11.8. The van der Waals surface area contributed by atoms with E-state index in [2.05, 4.69) is 15.6 Å². The Morgan fingerprint density at radius 2 is 2.03 bits per heavy atom. The lowest BCUT2D eigenvalue weighted by Gasteiger charge is -2.22. The first kappa shape index (κ1) is 28.2. The summed E-state index contributed by atoms with van der Waals surface area (Å²) in [5, 5.41) is 22.2. The van der Waals surface area contributed by atoms with E-state index in [0.29, 0.717) is 22.7 Å². The number of nitrogens with zero attached hydrogens (tertiary/aromatic N) is 3. The zero-order valence-electron chi connectivity index (χ0n) is 21.5. The Bertz CT molecular complexity index is 1040. The summed E-state index contributed by atoms with van der Waals surface area (Å²) in [6.45, 7) is 10.8. The minimum absolute atomic E-state index is 0.0115. The minimum atomic E-state index is -1.22. The van der Waals surface area contributed by atoms with Gasteiger partial charge in [-0.25, -0.2) is 9.07 Å². The van der Waals surface area contributed by atoms with Crippen LogP contribution >= 0.6 is 0 Å². The summed E-state index contributed by atoms with van der Waals surface area (Å²) in [5.41, 5.74) is 0.936. The van der Waals surface area contributed by atoms with Gasteiger partial charge in [0.05, 0.1) is 36.7 Å². The number of oxime groups is 1. The van der Waals surface area contributed by atoms with E-state index in [9.17, 15) is 19.1 Å². The molecule has 2 N–H and O–H groups in total. The molecule has 2 rings (SSSR count). The van der Waals surface area contributed by atoms with Gasteiger partial charge in [-0.3, -0.25) is 9.59 Å². The lowest BCUT2D eigenvalue weighted by molar-refractivity contribution is -0.124. The number of halogens is 1. The molecule has 0 spiro atoms. The number of aliphatic hydroxyl groups is 1. The van der Waals surface area contributed by atoms with Crippen LogP contribution in [0, 0.1) is 5.92 Å². The van der Waals surface area contributed by atoms with Gasteiger partial charge in [0.25, 0.3) is 5.56 Å². The fourth-order valence-corrected chi connectivity index (χ4v) is 3.49. The van der Waals surface area contributed by atoms with Gasteiger partial charge in [0, 0.05) is 30.4 Å². The van der Waals surface area contributed by atoms with Crippen molar-refractivity contribution >= 4 is 11.6 Å². The van der Waals surface area contributed by atoms with Gasteiger partial charge >= 0.3 is 0 Å². The lowest BCUT2D eigenvalue weighted by atomic mass is 9.96. The van der Waals surface area contributed by atoms with Crippen LogP contribution in [0.4, 0.5) is 4.39 Å². The standard InChI is InChI=1S/C25H37FN4O5/c1-14(2)24(32)27-16(5)13-30-25(33)20(17(6)29-35-15(3)4)11-19(28-30)12-22(31)21-10-18(26)8-9-23(21)34-7/h9-11,14-16,18,22,31H,8,12-13H2,1-7H3,(H,27,32)/b29-17+/t16-,18?,22?/m0/s1. The number of methoxy groups -OCH3 is 1. The molecular weight excluding hydrogens is 455 g/mol. The minimum Gasteiger partial charge on any atom is -0.497 e. The molecule has 0 aromatic carbocycles. The number of alkyl halides is 1. The second-order valence-electron chi connectivity index (χ2n) is 9.30. The summed E-state index contributed by atoms with van der Waals surface area (Å²) in [6.07, 6.45) is 0.635. The number of hydrogen-bond acceptors (Lipinski definition) is 7. The molecule has 1 aliphatic carbocycles. The van der Waals surface area contributed by atoms with Gasteiger partial charge in [-0.15, -0.1) is 0 Å². The van der Waals surface area contributed by atoms with Gasteiger partial charge in [0.15, 0.2) is 0 Å². The molecule has 1 aliphatic rings. The molecule has 194 valence electrons. The Hall–Kier alpha value is -3.01. The second-order valence-corrected chi connectivity index (χ2v) is 9.30. The average Bonchev–Trinajstić information content (AvgIpc) is 2.79. The molecule has 1 aromatic heterocycles. The van der Waals surface area contributed by atoms with Crippen molar-refractivity contribution in [1.82, 2.24) is 15.1 Å². The quantitative estimate of drug-likeness (QED) is 0.363. The van der Waals surface area contributed by atoms with Crippen molar-refractivity contribution in [2.45, 2.75) is 85.4 Å². The van der Waals surface area contributed by atoms with Crippen LogP contribution in [-0.4, -0.2) is 58.0 Å². The first-order valence-corrected chi connectivity index (χ1v) is 11.8. The van der Waals surface area contributed by atoms with Crippen LogP contribution < -0.4 is 10.9 Å². The number of amides is 1. The van der Waals surface area contributed by atoms with Gasteiger partial charge in [-0.2, -0.15) is 5.10 Å². The number of hydrogen-bond donors (Lipinski definition) is 2. The molecule has 1 amide bonds. The molecule has 0 fully saturated rings. The highest BCUT2D eigenvalue weighted by atomic mass is 19.1. The summed E-state index contributed by atoms with van der Waals surface area (Å²) in [5.74, 6) is 0.0743. The summed E-state index contributed by atoms with van der Waals surface area (Å²) in [6, 6.07) is 1.18. The van der Waals surface area contributed by atoms with Gasteiger partial charge in [0.2, 0.25) is 5.91 Å². The maximum Gasteiger partial charge on any atom is 0.276 e. The molecule has 0 saturated heterocycles. The Labute approximate surface area is 205 Å². The van der Waals surface area contributed by atoms with Crippen LogP contribution in [0.2, 0.25) is 0 Å². The van der Waals surface area contributed by atoms with Crippen LogP contribution in [0.25, 0.3) is 0 Å². The molecule has 1 heterocycles. The number of carbonyl (C=O) groups excluding carboxylic acids is 1. The van der Waals surface area contributed by atoms with E-state index in [1.165, 1.54) is 17.9 Å². The smallest absolute Gasteiger partial charge is 0.276 e. The molecule has 35 heavy (non-hydrogen) atoms. The normalized spacial score (nSPS) is 18.1. The van der Waals surface area contributed by atoms with E-state index in [4.69, 9.17) is 9.57 Å². The van der Waals surface area contributed by atoms with Crippen LogP contribution in [-0.2, 0) is 27.3 Å². The van der Waals surface area contributed by atoms with Crippen molar-refractivity contribution in [2.75, 3.05) is 7.11 Å². The Balaban J connectivity index is 2.42. The fourth-order valence-electron chi connectivity index (χ4n) is 3.49. The van der Waals surface area contributed by atoms with Crippen molar-refractivity contribution in [1.29, 1.82) is 0 Å². The van der Waals surface area contributed by atoms with Crippen molar-refractivity contribution in [3.05, 3.63) is 51.2 Å². The molecular formula is C25H37FN4O5. The molecule has 0 bridgehead atoms. The van der Waals surface area contributed by atoms with Crippen molar-refractivity contribution in [3.63, 3.8) is 0 Å². The largest absolute Gasteiger partial charge is 0.497 e. The lowest BCUT2D eigenvalue weighted by Crippen LogP contribution is -2.41. The van der Waals surface area contributed by atoms with E-state index >= 15 is 0 Å². The molecule has 0 aliphatic heterocycles. The first-order chi connectivity index (χ1) is 16.4. The zero-order valence-corrected chi connectivity index (χ0v) is 21.5. The molecule has 10 heteroatoms. The highest BCUT2D eigenvalue weighted by Crippen LogP contribution is 2.25. The summed E-state index contributed by atoms with van der Waals surface area (Å²) >= 11 is 0. The van der Waals surface area contributed by atoms with Gasteiger partial charge in [-0.1, -0.05) is 19.0 Å². The number of carbonyl (C=O) groups is 1. The van der Waals surface area contributed by atoms with E-state index < -0.39 is 17.8 Å². The van der Waals surface area contributed by atoms with Gasteiger partial charge < -0.3 is 20.0 Å². The predicted octanol–water partition coefficient (Wildman–Crippen LogP) is 2.65. The van der Waals surface area contributed by atoms with E-state index in [-0.39, 0.29) is 48.9 Å². The molecule has 3 atom stereocenters. The Kier molecular flexibility index (Phi) is 10.2. The molecule has 0 radical (unpaired) electrons.